The van der Waals surface area contributed by atoms with Gasteiger partial charge >= 0.3 is 0 Å². The quantitative estimate of drug-likeness (QED) is 0.347. The van der Waals surface area contributed by atoms with E-state index in [2.05, 4.69) is 17.2 Å². The van der Waals surface area contributed by atoms with Gasteiger partial charge in [0.15, 0.2) is 18.1 Å². The Morgan fingerprint density at radius 1 is 0.939 bits per heavy atom. The van der Waals surface area contributed by atoms with Crippen LogP contribution in [-0.4, -0.2) is 25.3 Å². The van der Waals surface area contributed by atoms with E-state index >= 15 is 0 Å². The molecular formula is C26H26Cl2N2O3. The molecule has 7 heteroatoms. The van der Waals surface area contributed by atoms with Crippen molar-refractivity contribution in [2.24, 2.45) is 4.99 Å². The standard InChI is InChI=1S/C26H26Cl2N2O3/c1-5-32-24-12-19(14-29-20-8-6-16(2)18(4)10-20)11-23(28)26(24)33-15-25(31)30-21-9-7-17(3)22(27)13-21/h6-14H,5,15H2,1-4H3,(H,30,31). The normalized spacial score (nSPS) is 11.0. The van der Waals surface area contributed by atoms with E-state index in [4.69, 9.17) is 32.7 Å². The van der Waals surface area contributed by atoms with Crippen LogP contribution in [0.4, 0.5) is 11.4 Å². The van der Waals surface area contributed by atoms with Crippen molar-refractivity contribution in [3.8, 4) is 11.5 Å². The van der Waals surface area contributed by atoms with Crippen LogP contribution in [0.3, 0.4) is 0 Å². The van der Waals surface area contributed by atoms with E-state index in [1.165, 1.54) is 11.1 Å². The molecule has 0 aromatic heterocycles. The first-order valence-electron chi connectivity index (χ1n) is 10.5. The number of hydrogen-bond donors (Lipinski definition) is 1. The van der Waals surface area contributed by atoms with Gasteiger partial charge in [-0.2, -0.15) is 0 Å². The summed E-state index contributed by atoms with van der Waals surface area (Å²) in [5.41, 5.74) is 5.51. The Morgan fingerprint density at radius 2 is 1.70 bits per heavy atom. The molecule has 3 aromatic carbocycles. The van der Waals surface area contributed by atoms with Gasteiger partial charge in [0.1, 0.15) is 0 Å². The van der Waals surface area contributed by atoms with E-state index in [1.807, 2.05) is 45.0 Å². The van der Waals surface area contributed by atoms with E-state index in [-0.39, 0.29) is 12.5 Å². The Labute approximate surface area is 204 Å². The van der Waals surface area contributed by atoms with Gasteiger partial charge in [0.05, 0.1) is 17.3 Å². The fourth-order valence-corrected chi connectivity index (χ4v) is 3.48. The van der Waals surface area contributed by atoms with Gasteiger partial charge in [-0.25, -0.2) is 0 Å². The van der Waals surface area contributed by atoms with Gasteiger partial charge in [-0.05, 0) is 86.3 Å². The molecule has 3 aromatic rings. The molecule has 0 unspecified atom stereocenters. The van der Waals surface area contributed by atoms with Gasteiger partial charge in [0.2, 0.25) is 0 Å². The first-order valence-corrected chi connectivity index (χ1v) is 11.3. The molecule has 33 heavy (non-hydrogen) atoms. The highest BCUT2D eigenvalue weighted by Crippen LogP contribution is 2.36. The van der Waals surface area contributed by atoms with Crippen LogP contribution in [-0.2, 0) is 4.79 Å². The van der Waals surface area contributed by atoms with Crippen LogP contribution in [0.25, 0.3) is 0 Å². The van der Waals surface area contributed by atoms with Crippen LogP contribution in [0, 0.1) is 20.8 Å². The molecule has 3 rings (SSSR count). The lowest BCUT2D eigenvalue weighted by atomic mass is 10.1. The number of rotatable bonds is 8. The molecular weight excluding hydrogens is 459 g/mol. The van der Waals surface area contributed by atoms with Crippen molar-refractivity contribution in [2.75, 3.05) is 18.5 Å². The number of aryl methyl sites for hydroxylation is 3. The van der Waals surface area contributed by atoms with Gasteiger partial charge in [0.25, 0.3) is 5.91 Å². The molecule has 0 spiro atoms. The fourth-order valence-electron chi connectivity index (χ4n) is 3.03. The Kier molecular flexibility index (Phi) is 8.37. The largest absolute Gasteiger partial charge is 0.490 e. The summed E-state index contributed by atoms with van der Waals surface area (Å²) < 4.78 is 11.4. The summed E-state index contributed by atoms with van der Waals surface area (Å²) >= 11 is 12.6. The van der Waals surface area contributed by atoms with Crippen LogP contribution >= 0.6 is 23.2 Å². The maximum absolute atomic E-state index is 12.4. The Morgan fingerprint density at radius 3 is 2.39 bits per heavy atom. The number of carbonyl (C=O) groups excluding carboxylic acids is 1. The molecule has 5 nitrogen and oxygen atoms in total. The van der Waals surface area contributed by atoms with Crippen LogP contribution in [0.15, 0.2) is 53.5 Å². The molecule has 0 bridgehead atoms. The van der Waals surface area contributed by atoms with Gasteiger partial charge < -0.3 is 14.8 Å². The SMILES string of the molecule is CCOc1cc(C=Nc2ccc(C)c(C)c2)cc(Cl)c1OCC(=O)Nc1ccc(C)c(Cl)c1. The molecule has 0 radical (unpaired) electrons. The van der Waals surface area contributed by atoms with Gasteiger partial charge in [-0.1, -0.05) is 35.3 Å². The lowest BCUT2D eigenvalue weighted by Crippen LogP contribution is -2.20. The molecule has 0 heterocycles. The van der Waals surface area contributed by atoms with Crippen LogP contribution < -0.4 is 14.8 Å². The Hall–Kier alpha value is -3.02. The summed E-state index contributed by atoms with van der Waals surface area (Å²) in [5, 5.41) is 3.66. The average molecular weight is 485 g/mol. The zero-order chi connectivity index (χ0) is 24.0. The molecule has 0 saturated carbocycles. The number of hydrogen-bond acceptors (Lipinski definition) is 4. The number of ether oxygens (including phenoxy) is 2. The number of nitrogens with zero attached hydrogens (tertiary/aromatic N) is 1. The van der Waals surface area contributed by atoms with Crippen molar-refractivity contribution in [1.29, 1.82) is 0 Å². The predicted molar refractivity (Wildman–Crippen MR) is 136 cm³/mol. The highest BCUT2D eigenvalue weighted by atomic mass is 35.5. The van der Waals surface area contributed by atoms with Crippen LogP contribution in [0.1, 0.15) is 29.2 Å². The van der Waals surface area contributed by atoms with Crippen molar-refractivity contribution >= 4 is 46.7 Å². The molecule has 1 N–H and O–H groups in total. The first-order chi connectivity index (χ1) is 15.8. The molecule has 0 saturated heterocycles. The fraction of sp³-hybridized carbons (Fsp3) is 0.231. The van der Waals surface area contributed by atoms with Crippen LogP contribution in [0.2, 0.25) is 10.0 Å². The Balaban J connectivity index is 1.73. The summed E-state index contributed by atoms with van der Waals surface area (Å²) in [4.78, 5) is 16.9. The van der Waals surface area contributed by atoms with E-state index in [1.54, 1.807) is 30.5 Å². The van der Waals surface area contributed by atoms with Gasteiger partial charge in [-0.3, -0.25) is 9.79 Å². The number of carbonyl (C=O) groups is 1. The summed E-state index contributed by atoms with van der Waals surface area (Å²) in [5.74, 6) is 0.408. The summed E-state index contributed by atoms with van der Waals surface area (Å²) in [6.45, 7) is 8.05. The third-order valence-corrected chi connectivity index (χ3v) is 5.68. The molecule has 0 atom stereocenters. The molecule has 0 aliphatic carbocycles. The minimum Gasteiger partial charge on any atom is -0.490 e. The van der Waals surface area contributed by atoms with Crippen molar-refractivity contribution in [3.63, 3.8) is 0 Å². The molecule has 0 aliphatic rings. The third-order valence-electron chi connectivity index (χ3n) is 4.99. The highest BCUT2D eigenvalue weighted by molar-refractivity contribution is 6.32. The summed E-state index contributed by atoms with van der Waals surface area (Å²) in [6, 6.07) is 14.8. The van der Waals surface area contributed by atoms with Gasteiger partial charge in [-0.15, -0.1) is 0 Å². The van der Waals surface area contributed by atoms with Crippen LogP contribution in [0.5, 0.6) is 11.5 Å². The first kappa shape index (κ1) is 24.6. The second kappa shape index (κ2) is 11.2. The number of nitrogens with one attached hydrogen (secondary N) is 1. The smallest absolute Gasteiger partial charge is 0.262 e. The average Bonchev–Trinajstić information content (AvgIpc) is 2.77. The zero-order valence-electron chi connectivity index (χ0n) is 19.0. The summed E-state index contributed by atoms with van der Waals surface area (Å²) in [6.07, 6.45) is 1.72. The molecule has 0 fully saturated rings. The zero-order valence-corrected chi connectivity index (χ0v) is 20.6. The van der Waals surface area contributed by atoms with E-state index in [0.29, 0.717) is 33.8 Å². The van der Waals surface area contributed by atoms with Crippen molar-refractivity contribution in [1.82, 2.24) is 0 Å². The number of aliphatic imine (C=N–C) groups is 1. The predicted octanol–water partition coefficient (Wildman–Crippen LogP) is 7.09. The number of halogens is 2. The maximum atomic E-state index is 12.4. The lowest BCUT2D eigenvalue weighted by Gasteiger charge is -2.14. The maximum Gasteiger partial charge on any atom is 0.262 e. The topological polar surface area (TPSA) is 59.9 Å². The highest BCUT2D eigenvalue weighted by Gasteiger charge is 2.14. The number of amides is 1. The molecule has 0 aliphatic heterocycles. The van der Waals surface area contributed by atoms with E-state index in [9.17, 15) is 4.79 Å². The van der Waals surface area contributed by atoms with Crippen molar-refractivity contribution < 1.29 is 14.3 Å². The third kappa shape index (κ3) is 6.73. The minimum absolute atomic E-state index is 0.235. The van der Waals surface area contributed by atoms with Gasteiger partial charge in [0, 0.05) is 16.9 Å². The van der Waals surface area contributed by atoms with Crippen molar-refractivity contribution in [2.45, 2.75) is 27.7 Å². The molecule has 1 amide bonds. The Bertz CT molecular complexity index is 1190. The number of benzene rings is 3. The van der Waals surface area contributed by atoms with E-state index in [0.717, 1.165) is 16.8 Å². The second-order valence-electron chi connectivity index (χ2n) is 7.59. The minimum atomic E-state index is -0.339. The lowest BCUT2D eigenvalue weighted by molar-refractivity contribution is -0.118. The van der Waals surface area contributed by atoms with E-state index < -0.39 is 0 Å². The second-order valence-corrected chi connectivity index (χ2v) is 8.40. The summed E-state index contributed by atoms with van der Waals surface area (Å²) in [7, 11) is 0. The number of anilines is 1. The monoisotopic (exact) mass is 484 g/mol. The van der Waals surface area contributed by atoms with Crippen molar-refractivity contribution in [3.05, 3.63) is 80.8 Å². The molecule has 172 valence electrons.